The fraction of sp³-hybridized carbons (Fsp3) is 0.667. The molecule has 0 aromatic carbocycles. The molecule has 0 fully saturated rings. The van der Waals surface area contributed by atoms with Crippen molar-refractivity contribution in [3.8, 4) is 0 Å². The van der Waals surface area contributed by atoms with Gasteiger partial charge in [0.25, 0.3) is 0 Å². The highest BCUT2D eigenvalue weighted by molar-refractivity contribution is 7.09. The van der Waals surface area contributed by atoms with Gasteiger partial charge in [0.2, 0.25) is 0 Å². The van der Waals surface area contributed by atoms with E-state index in [9.17, 15) is 0 Å². The number of nitrogens with two attached hydrogens (primary N) is 1. The van der Waals surface area contributed by atoms with E-state index < -0.39 is 0 Å². The number of aliphatic imine (C=N–C) groups is 1. The Morgan fingerprint density at radius 1 is 1.35 bits per heavy atom. The standard InChI is InChI=1S/C15H28N4S/c1-3-19(4-2)12-6-5-10-17-15(16)18-11-9-14-8-7-13-20-14/h7-8,13H,3-6,9-12H2,1-2H3,(H3,16,17,18). The van der Waals surface area contributed by atoms with Gasteiger partial charge in [-0.2, -0.15) is 0 Å². The van der Waals surface area contributed by atoms with Crippen LogP contribution in [0, 0.1) is 0 Å². The van der Waals surface area contributed by atoms with Crippen molar-refractivity contribution in [2.24, 2.45) is 10.7 Å². The monoisotopic (exact) mass is 296 g/mol. The second-order valence-corrected chi connectivity index (χ2v) is 5.79. The van der Waals surface area contributed by atoms with E-state index in [0.29, 0.717) is 5.96 Å². The van der Waals surface area contributed by atoms with Crippen LogP contribution in [0.3, 0.4) is 0 Å². The molecular formula is C15H28N4S. The fourth-order valence-corrected chi connectivity index (χ4v) is 2.72. The molecule has 5 heteroatoms. The molecule has 0 saturated heterocycles. The van der Waals surface area contributed by atoms with Crippen LogP contribution in [0.2, 0.25) is 0 Å². The number of nitrogens with zero attached hydrogens (tertiary/aromatic N) is 2. The van der Waals surface area contributed by atoms with Crippen molar-refractivity contribution in [1.82, 2.24) is 10.2 Å². The minimum absolute atomic E-state index is 0.574. The van der Waals surface area contributed by atoms with Crippen LogP contribution in [-0.2, 0) is 6.42 Å². The van der Waals surface area contributed by atoms with Gasteiger partial charge in [0.15, 0.2) is 5.96 Å². The average molecular weight is 296 g/mol. The molecule has 1 aromatic rings. The highest BCUT2D eigenvalue weighted by atomic mass is 32.1. The van der Waals surface area contributed by atoms with Gasteiger partial charge in [-0.15, -0.1) is 11.3 Å². The van der Waals surface area contributed by atoms with Crippen LogP contribution < -0.4 is 11.1 Å². The maximum atomic E-state index is 5.84. The lowest BCUT2D eigenvalue weighted by Crippen LogP contribution is -2.33. The van der Waals surface area contributed by atoms with Gasteiger partial charge in [0.05, 0.1) is 0 Å². The normalized spacial score (nSPS) is 12.1. The summed E-state index contributed by atoms with van der Waals surface area (Å²) in [6.07, 6.45) is 3.30. The number of nitrogens with one attached hydrogen (secondary N) is 1. The SMILES string of the molecule is CCN(CC)CCCCN=C(N)NCCc1cccs1. The Kier molecular flexibility index (Phi) is 9.07. The van der Waals surface area contributed by atoms with E-state index in [1.54, 1.807) is 11.3 Å². The number of hydrogen-bond acceptors (Lipinski definition) is 3. The van der Waals surface area contributed by atoms with E-state index in [1.807, 2.05) is 0 Å². The Bertz CT molecular complexity index is 358. The molecule has 1 rings (SSSR count). The second kappa shape index (κ2) is 10.7. The van der Waals surface area contributed by atoms with E-state index in [2.05, 4.69) is 46.6 Å². The minimum atomic E-state index is 0.574. The van der Waals surface area contributed by atoms with Crippen molar-refractivity contribution >= 4 is 17.3 Å². The lowest BCUT2D eigenvalue weighted by Gasteiger charge is -2.17. The highest BCUT2D eigenvalue weighted by Crippen LogP contribution is 2.07. The third-order valence-electron chi connectivity index (χ3n) is 3.32. The van der Waals surface area contributed by atoms with Crippen LogP contribution >= 0.6 is 11.3 Å². The predicted octanol–water partition coefficient (Wildman–Crippen LogP) is 2.32. The molecule has 114 valence electrons. The Morgan fingerprint density at radius 2 is 2.15 bits per heavy atom. The van der Waals surface area contributed by atoms with Crippen molar-refractivity contribution in [3.63, 3.8) is 0 Å². The van der Waals surface area contributed by atoms with Crippen LogP contribution in [0.25, 0.3) is 0 Å². The van der Waals surface area contributed by atoms with Crippen LogP contribution in [0.15, 0.2) is 22.5 Å². The zero-order chi connectivity index (χ0) is 14.6. The van der Waals surface area contributed by atoms with Gasteiger partial charge in [-0.25, -0.2) is 0 Å². The molecule has 1 heterocycles. The van der Waals surface area contributed by atoms with Gasteiger partial charge in [0.1, 0.15) is 0 Å². The number of guanidine groups is 1. The molecular weight excluding hydrogens is 268 g/mol. The molecule has 3 N–H and O–H groups in total. The van der Waals surface area contributed by atoms with Crippen LogP contribution in [0.4, 0.5) is 0 Å². The van der Waals surface area contributed by atoms with Gasteiger partial charge in [-0.1, -0.05) is 19.9 Å². The predicted molar refractivity (Wildman–Crippen MR) is 89.5 cm³/mol. The molecule has 0 saturated carbocycles. The molecule has 0 aliphatic rings. The molecule has 1 aromatic heterocycles. The summed E-state index contributed by atoms with van der Waals surface area (Å²) < 4.78 is 0. The fourth-order valence-electron chi connectivity index (χ4n) is 2.01. The zero-order valence-electron chi connectivity index (χ0n) is 12.8. The van der Waals surface area contributed by atoms with Gasteiger partial charge in [-0.3, -0.25) is 4.99 Å². The van der Waals surface area contributed by atoms with Gasteiger partial charge in [-0.05, 0) is 50.3 Å². The molecule has 0 radical (unpaired) electrons. The number of unbranched alkanes of at least 4 members (excludes halogenated alkanes) is 1. The highest BCUT2D eigenvalue weighted by Gasteiger charge is 1.98. The first kappa shape index (κ1) is 17.0. The second-order valence-electron chi connectivity index (χ2n) is 4.76. The summed E-state index contributed by atoms with van der Waals surface area (Å²) in [7, 11) is 0. The lowest BCUT2D eigenvalue weighted by atomic mass is 10.3. The molecule has 0 atom stereocenters. The first-order valence-electron chi connectivity index (χ1n) is 7.54. The maximum Gasteiger partial charge on any atom is 0.188 e. The van der Waals surface area contributed by atoms with E-state index in [0.717, 1.165) is 45.6 Å². The quantitative estimate of drug-likeness (QED) is 0.396. The summed E-state index contributed by atoms with van der Waals surface area (Å²) in [5.41, 5.74) is 5.84. The Labute approximate surface area is 127 Å². The molecule has 0 unspecified atom stereocenters. The summed E-state index contributed by atoms with van der Waals surface area (Å²) in [6, 6.07) is 4.22. The molecule has 4 nitrogen and oxygen atoms in total. The largest absolute Gasteiger partial charge is 0.370 e. The van der Waals surface area contributed by atoms with Crippen LogP contribution in [0.5, 0.6) is 0 Å². The van der Waals surface area contributed by atoms with Crippen molar-refractivity contribution < 1.29 is 0 Å². The molecule has 20 heavy (non-hydrogen) atoms. The topological polar surface area (TPSA) is 53.6 Å². The van der Waals surface area contributed by atoms with E-state index >= 15 is 0 Å². The molecule has 0 aliphatic heterocycles. The van der Waals surface area contributed by atoms with E-state index in [-0.39, 0.29) is 0 Å². The third kappa shape index (κ3) is 7.50. The van der Waals surface area contributed by atoms with Crippen LogP contribution in [-0.4, -0.2) is 43.6 Å². The summed E-state index contributed by atoms with van der Waals surface area (Å²) in [5.74, 6) is 0.574. The smallest absolute Gasteiger partial charge is 0.188 e. The first-order chi connectivity index (χ1) is 9.76. The molecule has 0 spiro atoms. The van der Waals surface area contributed by atoms with Crippen LogP contribution in [0.1, 0.15) is 31.6 Å². The summed E-state index contributed by atoms with van der Waals surface area (Å²) in [6.45, 7) is 9.51. The van der Waals surface area contributed by atoms with E-state index in [1.165, 1.54) is 11.3 Å². The van der Waals surface area contributed by atoms with Crippen molar-refractivity contribution in [2.75, 3.05) is 32.7 Å². The summed E-state index contributed by atoms with van der Waals surface area (Å²) >= 11 is 1.78. The Morgan fingerprint density at radius 3 is 2.80 bits per heavy atom. The van der Waals surface area contributed by atoms with Gasteiger partial charge >= 0.3 is 0 Å². The van der Waals surface area contributed by atoms with Gasteiger partial charge < -0.3 is 16.0 Å². The number of rotatable bonds is 10. The zero-order valence-corrected chi connectivity index (χ0v) is 13.6. The van der Waals surface area contributed by atoms with Crippen molar-refractivity contribution in [3.05, 3.63) is 22.4 Å². The summed E-state index contributed by atoms with van der Waals surface area (Å²) in [4.78, 5) is 8.18. The first-order valence-corrected chi connectivity index (χ1v) is 8.42. The van der Waals surface area contributed by atoms with Crippen molar-refractivity contribution in [1.29, 1.82) is 0 Å². The van der Waals surface area contributed by atoms with Gasteiger partial charge in [0, 0.05) is 18.0 Å². The minimum Gasteiger partial charge on any atom is -0.370 e. The van der Waals surface area contributed by atoms with E-state index in [4.69, 9.17) is 5.73 Å². The molecule has 0 amide bonds. The maximum absolute atomic E-state index is 5.84. The average Bonchev–Trinajstić information content (AvgIpc) is 2.96. The Hall–Kier alpha value is -1.07. The summed E-state index contributed by atoms with van der Waals surface area (Å²) in [5, 5.41) is 5.27. The Balaban J connectivity index is 2.03. The molecule has 0 aliphatic carbocycles. The molecule has 0 bridgehead atoms. The number of hydrogen-bond donors (Lipinski definition) is 2. The number of thiophene rings is 1. The lowest BCUT2D eigenvalue weighted by molar-refractivity contribution is 0.297. The third-order valence-corrected chi connectivity index (χ3v) is 4.25. The van der Waals surface area contributed by atoms with Crippen molar-refractivity contribution in [2.45, 2.75) is 33.1 Å².